The van der Waals surface area contributed by atoms with E-state index in [4.69, 9.17) is 4.74 Å². The number of hydrogen-bond donors (Lipinski definition) is 1. The molecule has 0 saturated heterocycles. The second-order valence-corrected chi connectivity index (χ2v) is 4.58. The first-order chi connectivity index (χ1) is 8.56. The summed E-state index contributed by atoms with van der Waals surface area (Å²) in [7, 11) is 1.44. The first-order valence-electron chi connectivity index (χ1n) is 6.11. The lowest BCUT2D eigenvalue weighted by Crippen LogP contribution is -2.06. The summed E-state index contributed by atoms with van der Waals surface area (Å²) in [5.41, 5.74) is 0.521. The zero-order chi connectivity index (χ0) is 13.5. The van der Waals surface area contributed by atoms with Crippen molar-refractivity contribution in [2.75, 3.05) is 19.0 Å². The van der Waals surface area contributed by atoms with Crippen molar-refractivity contribution in [3.05, 3.63) is 28.3 Å². The molecule has 0 aromatic heterocycles. The van der Waals surface area contributed by atoms with Gasteiger partial charge in [-0.2, -0.15) is 0 Å². The van der Waals surface area contributed by atoms with Gasteiger partial charge in [0.25, 0.3) is 0 Å². The second-order valence-electron chi connectivity index (χ2n) is 4.58. The van der Waals surface area contributed by atoms with Crippen molar-refractivity contribution >= 4 is 11.4 Å². The van der Waals surface area contributed by atoms with Crippen LogP contribution in [-0.2, 0) is 0 Å². The average molecular weight is 252 g/mol. The molecular weight excluding hydrogens is 232 g/mol. The van der Waals surface area contributed by atoms with Crippen LogP contribution in [0.1, 0.15) is 26.7 Å². The largest absolute Gasteiger partial charge is 0.490 e. The van der Waals surface area contributed by atoms with Crippen molar-refractivity contribution in [2.45, 2.75) is 26.7 Å². The van der Waals surface area contributed by atoms with Crippen molar-refractivity contribution in [1.82, 2.24) is 0 Å². The number of nitro benzene ring substituents is 1. The highest BCUT2D eigenvalue weighted by molar-refractivity contribution is 5.68. The van der Waals surface area contributed by atoms with Crippen LogP contribution < -0.4 is 10.1 Å². The van der Waals surface area contributed by atoms with Gasteiger partial charge in [-0.1, -0.05) is 19.9 Å². The van der Waals surface area contributed by atoms with E-state index in [0.717, 1.165) is 19.4 Å². The Balaban J connectivity index is 2.72. The van der Waals surface area contributed by atoms with E-state index in [9.17, 15) is 10.1 Å². The zero-order valence-electron chi connectivity index (χ0n) is 11.1. The van der Waals surface area contributed by atoms with E-state index in [-0.39, 0.29) is 11.4 Å². The van der Waals surface area contributed by atoms with Crippen molar-refractivity contribution in [3.8, 4) is 5.75 Å². The molecule has 1 aromatic rings. The van der Waals surface area contributed by atoms with Gasteiger partial charge in [0.1, 0.15) is 5.69 Å². The summed E-state index contributed by atoms with van der Waals surface area (Å²) in [6, 6.07) is 5.05. The second kappa shape index (κ2) is 6.83. The van der Waals surface area contributed by atoms with Crippen LogP contribution >= 0.6 is 0 Å². The van der Waals surface area contributed by atoms with Gasteiger partial charge in [0.05, 0.1) is 12.0 Å². The van der Waals surface area contributed by atoms with E-state index in [1.54, 1.807) is 18.2 Å². The SMILES string of the molecule is COc1cccc(NCCCC(C)C)c1[N+](=O)[O-]. The summed E-state index contributed by atoms with van der Waals surface area (Å²) in [5, 5.41) is 14.1. The molecule has 5 nitrogen and oxygen atoms in total. The van der Waals surface area contributed by atoms with E-state index in [0.29, 0.717) is 11.6 Å². The molecule has 1 aromatic carbocycles. The fraction of sp³-hybridized carbons (Fsp3) is 0.538. The molecule has 0 aliphatic heterocycles. The Morgan fingerprint density at radius 2 is 2.17 bits per heavy atom. The van der Waals surface area contributed by atoms with Crippen LogP contribution in [0.3, 0.4) is 0 Å². The van der Waals surface area contributed by atoms with Crippen LogP contribution in [0.2, 0.25) is 0 Å². The summed E-state index contributed by atoms with van der Waals surface area (Å²) >= 11 is 0. The van der Waals surface area contributed by atoms with E-state index < -0.39 is 4.92 Å². The number of para-hydroxylation sites is 1. The third kappa shape index (κ3) is 3.91. The fourth-order valence-corrected chi connectivity index (χ4v) is 1.75. The molecule has 18 heavy (non-hydrogen) atoms. The highest BCUT2D eigenvalue weighted by atomic mass is 16.6. The first-order valence-corrected chi connectivity index (χ1v) is 6.11. The molecule has 0 atom stereocenters. The molecule has 0 fully saturated rings. The van der Waals surface area contributed by atoms with Crippen LogP contribution in [0.15, 0.2) is 18.2 Å². The zero-order valence-corrected chi connectivity index (χ0v) is 11.1. The predicted molar refractivity (Wildman–Crippen MR) is 72.2 cm³/mol. The highest BCUT2D eigenvalue weighted by Crippen LogP contribution is 2.34. The van der Waals surface area contributed by atoms with Gasteiger partial charge in [0, 0.05) is 6.54 Å². The molecule has 0 heterocycles. The first kappa shape index (κ1) is 14.3. The summed E-state index contributed by atoms with van der Waals surface area (Å²) in [6.07, 6.45) is 2.09. The summed E-state index contributed by atoms with van der Waals surface area (Å²) in [6.45, 7) is 5.05. The molecule has 1 N–H and O–H groups in total. The van der Waals surface area contributed by atoms with E-state index in [1.807, 2.05) is 0 Å². The molecule has 100 valence electrons. The molecule has 1 rings (SSSR count). The maximum Gasteiger partial charge on any atom is 0.333 e. The van der Waals surface area contributed by atoms with Gasteiger partial charge >= 0.3 is 5.69 Å². The van der Waals surface area contributed by atoms with Crippen LogP contribution in [-0.4, -0.2) is 18.6 Å². The Morgan fingerprint density at radius 1 is 1.44 bits per heavy atom. The van der Waals surface area contributed by atoms with Gasteiger partial charge in [-0.3, -0.25) is 10.1 Å². The number of ether oxygens (including phenoxy) is 1. The van der Waals surface area contributed by atoms with Crippen molar-refractivity contribution in [2.24, 2.45) is 5.92 Å². The molecule has 0 unspecified atom stereocenters. The Morgan fingerprint density at radius 3 is 2.72 bits per heavy atom. The highest BCUT2D eigenvalue weighted by Gasteiger charge is 2.19. The maximum atomic E-state index is 11.0. The Labute approximate surface area is 107 Å². The molecule has 5 heteroatoms. The third-order valence-corrected chi connectivity index (χ3v) is 2.68. The Kier molecular flexibility index (Phi) is 5.42. The number of nitrogens with zero attached hydrogens (tertiary/aromatic N) is 1. The minimum absolute atomic E-state index is 0.00421. The molecule has 0 saturated carbocycles. The van der Waals surface area contributed by atoms with E-state index in [2.05, 4.69) is 19.2 Å². The number of anilines is 1. The number of rotatable bonds is 7. The Bertz CT molecular complexity index is 405. The topological polar surface area (TPSA) is 64.4 Å². The summed E-state index contributed by atoms with van der Waals surface area (Å²) in [4.78, 5) is 10.6. The molecule has 0 radical (unpaired) electrons. The lowest BCUT2D eigenvalue weighted by atomic mass is 10.1. The van der Waals surface area contributed by atoms with Crippen molar-refractivity contribution in [1.29, 1.82) is 0 Å². The lowest BCUT2D eigenvalue weighted by Gasteiger charge is -2.10. The normalized spacial score (nSPS) is 10.4. The number of benzene rings is 1. The standard InChI is InChI=1S/C13H20N2O3/c1-10(2)6-5-9-14-11-7-4-8-12(18-3)13(11)15(16)17/h4,7-8,10,14H,5-6,9H2,1-3H3. The van der Waals surface area contributed by atoms with E-state index >= 15 is 0 Å². The Hall–Kier alpha value is -1.78. The molecular formula is C13H20N2O3. The van der Waals surface area contributed by atoms with Gasteiger partial charge in [-0.15, -0.1) is 0 Å². The molecule has 0 bridgehead atoms. The molecule has 0 amide bonds. The summed E-state index contributed by atoms with van der Waals surface area (Å²) < 4.78 is 5.01. The minimum atomic E-state index is -0.413. The van der Waals surface area contributed by atoms with E-state index in [1.165, 1.54) is 7.11 Å². The number of nitrogens with one attached hydrogen (secondary N) is 1. The van der Waals surface area contributed by atoms with Crippen molar-refractivity contribution < 1.29 is 9.66 Å². The maximum absolute atomic E-state index is 11.0. The summed E-state index contributed by atoms with van der Waals surface area (Å²) in [5.74, 6) is 0.931. The number of hydrogen-bond acceptors (Lipinski definition) is 4. The number of methoxy groups -OCH3 is 1. The quantitative estimate of drug-likeness (QED) is 0.458. The minimum Gasteiger partial charge on any atom is -0.490 e. The monoisotopic (exact) mass is 252 g/mol. The van der Waals surface area contributed by atoms with Crippen molar-refractivity contribution in [3.63, 3.8) is 0 Å². The van der Waals surface area contributed by atoms with Gasteiger partial charge < -0.3 is 10.1 Å². The molecule has 0 aliphatic carbocycles. The predicted octanol–water partition coefficient (Wildman–Crippen LogP) is 3.45. The van der Waals surface area contributed by atoms with Crippen LogP contribution in [0.4, 0.5) is 11.4 Å². The number of nitro groups is 1. The fourth-order valence-electron chi connectivity index (χ4n) is 1.75. The van der Waals surface area contributed by atoms with Crippen LogP contribution in [0.25, 0.3) is 0 Å². The molecule has 0 aliphatic rings. The van der Waals surface area contributed by atoms with Gasteiger partial charge in [-0.05, 0) is 30.9 Å². The van der Waals surface area contributed by atoms with Crippen LogP contribution in [0.5, 0.6) is 5.75 Å². The van der Waals surface area contributed by atoms with Gasteiger partial charge in [0.2, 0.25) is 0 Å². The van der Waals surface area contributed by atoms with Gasteiger partial charge in [0.15, 0.2) is 5.75 Å². The van der Waals surface area contributed by atoms with Crippen LogP contribution in [0, 0.1) is 16.0 Å². The smallest absolute Gasteiger partial charge is 0.333 e. The van der Waals surface area contributed by atoms with Gasteiger partial charge in [-0.25, -0.2) is 0 Å². The molecule has 0 spiro atoms. The lowest BCUT2D eigenvalue weighted by molar-refractivity contribution is -0.384. The third-order valence-electron chi connectivity index (χ3n) is 2.68. The average Bonchev–Trinajstić information content (AvgIpc) is 2.33.